The molecule has 5 nitrogen and oxygen atoms in total. The van der Waals surface area contributed by atoms with Crippen LogP contribution in [0.2, 0.25) is 0 Å². The van der Waals surface area contributed by atoms with Crippen LogP contribution in [0.4, 0.5) is 10.5 Å². The molecule has 1 amide bonds. The maximum atomic E-state index is 11.2. The van der Waals surface area contributed by atoms with E-state index >= 15 is 0 Å². The smallest absolute Gasteiger partial charge is 0.407 e. The largest absolute Gasteiger partial charge is 0.465 e. The number of anilines is 1. The SMILES string of the molecule is COC(C)(C)C1CCN(c2cccc3c2CCN(C(=O)O)C3)CC1. The topological polar surface area (TPSA) is 53.0 Å². The lowest BCUT2D eigenvalue weighted by atomic mass is 9.82. The highest BCUT2D eigenvalue weighted by Crippen LogP contribution is 2.35. The maximum Gasteiger partial charge on any atom is 0.407 e. The summed E-state index contributed by atoms with van der Waals surface area (Å²) >= 11 is 0. The van der Waals surface area contributed by atoms with E-state index in [1.165, 1.54) is 16.2 Å². The van der Waals surface area contributed by atoms with E-state index in [4.69, 9.17) is 4.74 Å². The molecular weight excluding hydrogens is 304 g/mol. The molecule has 132 valence electrons. The van der Waals surface area contributed by atoms with Gasteiger partial charge in [0.1, 0.15) is 0 Å². The minimum absolute atomic E-state index is 0.0653. The highest BCUT2D eigenvalue weighted by Gasteiger charge is 2.33. The number of piperidine rings is 1. The van der Waals surface area contributed by atoms with Crippen molar-refractivity contribution in [1.82, 2.24) is 4.90 Å². The van der Waals surface area contributed by atoms with Crippen LogP contribution in [-0.4, -0.2) is 48.4 Å². The van der Waals surface area contributed by atoms with Crippen LogP contribution in [0.5, 0.6) is 0 Å². The highest BCUT2D eigenvalue weighted by atomic mass is 16.5. The van der Waals surface area contributed by atoms with Crippen molar-refractivity contribution in [3.05, 3.63) is 29.3 Å². The fourth-order valence-electron chi connectivity index (χ4n) is 4.03. The van der Waals surface area contributed by atoms with E-state index < -0.39 is 6.09 Å². The summed E-state index contributed by atoms with van der Waals surface area (Å²) in [5, 5.41) is 9.21. The van der Waals surface area contributed by atoms with E-state index in [9.17, 15) is 9.90 Å². The second-order valence-corrected chi connectivity index (χ2v) is 7.44. The van der Waals surface area contributed by atoms with E-state index in [1.54, 1.807) is 7.11 Å². The van der Waals surface area contributed by atoms with Gasteiger partial charge in [-0.15, -0.1) is 0 Å². The van der Waals surface area contributed by atoms with Crippen molar-refractivity contribution in [3.63, 3.8) is 0 Å². The molecule has 0 radical (unpaired) electrons. The Kier molecular flexibility index (Phi) is 4.72. The van der Waals surface area contributed by atoms with Gasteiger partial charge in [0.25, 0.3) is 0 Å². The van der Waals surface area contributed by atoms with E-state index in [1.807, 2.05) is 0 Å². The molecule has 0 spiro atoms. The first kappa shape index (κ1) is 17.1. The molecule has 0 aliphatic carbocycles. The van der Waals surface area contributed by atoms with Gasteiger partial charge in [-0.1, -0.05) is 12.1 Å². The second-order valence-electron chi connectivity index (χ2n) is 7.44. The predicted octanol–water partition coefficient (Wildman–Crippen LogP) is 3.36. The Morgan fingerprint density at radius 2 is 1.96 bits per heavy atom. The molecule has 0 bridgehead atoms. The summed E-state index contributed by atoms with van der Waals surface area (Å²) in [5.74, 6) is 0.584. The molecule has 5 heteroatoms. The van der Waals surface area contributed by atoms with Crippen molar-refractivity contribution in [2.75, 3.05) is 31.6 Å². The normalized spacial score (nSPS) is 19.3. The summed E-state index contributed by atoms with van der Waals surface area (Å²) < 4.78 is 5.66. The Morgan fingerprint density at radius 3 is 2.58 bits per heavy atom. The van der Waals surface area contributed by atoms with Crippen molar-refractivity contribution in [2.45, 2.75) is 45.3 Å². The van der Waals surface area contributed by atoms with Gasteiger partial charge in [0.15, 0.2) is 0 Å². The van der Waals surface area contributed by atoms with E-state index in [0.717, 1.165) is 37.9 Å². The van der Waals surface area contributed by atoms with Gasteiger partial charge in [-0.25, -0.2) is 4.79 Å². The first-order valence-electron chi connectivity index (χ1n) is 8.81. The monoisotopic (exact) mass is 332 g/mol. The third kappa shape index (κ3) is 3.22. The van der Waals surface area contributed by atoms with Gasteiger partial charge in [-0.3, -0.25) is 0 Å². The molecule has 2 aliphatic rings. The number of amides is 1. The molecule has 2 heterocycles. The zero-order valence-electron chi connectivity index (χ0n) is 14.9. The Hall–Kier alpha value is -1.75. The van der Waals surface area contributed by atoms with Crippen LogP contribution in [0.3, 0.4) is 0 Å². The third-order valence-corrected chi connectivity index (χ3v) is 5.86. The number of benzene rings is 1. The molecule has 1 saturated heterocycles. The van der Waals surface area contributed by atoms with E-state index in [2.05, 4.69) is 36.9 Å². The van der Waals surface area contributed by atoms with Gasteiger partial charge in [0.05, 0.1) is 5.60 Å². The molecule has 1 fully saturated rings. The summed E-state index contributed by atoms with van der Waals surface area (Å²) in [6.45, 7) is 7.53. The summed E-state index contributed by atoms with van der Waals surface area (Å²) in [4.78, 5) is 15.2. The maximum absolute atomic E-state index is 11.2. The molecule has 3 rings (SSSR count). The molecule has 0 atom stereocenters. The lowest BCUT2D eigenvalue weighted by Crippen LogP contribution is -2.43. The number of hydrogen-bond donors (Lipinski definition) is 1. The molecular formula is C19H28N2O3. The number of nitrogens with zero attached hydrogens (tertiary/aromatic N) is 2. The minimum atomic E-state index is -0.825. The minimum Gasteiger partial charge on any atom is -0.465 e. The Morgan fingerprint density at radius 1 is 1.25 bits per heavy atom. The summed E-state index contributed by atoms with van der Waals surface area (Å²) in [6, 6.07) is 6.32. The standard InChI is InChI=1S/C19H28N2O3/c1-19(2,24-3)15-7-10-20(11-8-15)17-6-4-5-14-13-21(18(22)23)12-9-16(14)17/h4-6,15H,7-13H2,1-3H3,(H,22,23). The Balaban J connectivity index is 1.74. The van der Waals surface area contributed by atoms with Gasteiger partial charge in [-0.2, -0.15) is 0 Å². The lowest BCUT2D eigenvalue weighted by molar-refractivity contribution is -0.0357. The van der Waals surface area contributed by atoms with Crippen LogP contribution in [0, 0.1) is 5.92 Å². The van der Waals surface area contributed by atoms with Gasteiger partial charge >= 0.3 is 6.09 Å². The van der Waals surface area contributed by atoms with Crippen molar-refractivity contribution < 1.29 is 14.6 Å². The molecule has 0 saturated carbocycles. The van der Waals surface area contributed by atoms with Crippen molar-refractivity contribution in [2.24, 2.45) is 5.92 Å². The molecule has 0 unspecified atom stereocenters. The quantitative estimate of drug-likeness (QED) is 0.922. The molecule has 2 aliphatic heterocycles. The molecule has 1 N–H and O–H groups in total. The zero-order valence-corrected chi connectivity index (χ0v) is 14.9. The third-order valence-electron chi connectivity index (χ3n) is 5.86. The van der Waals surface area contributed by atoms with Crippen molar-refractivity contribution in [1.29, 1.82) is 0 Å². The Labute approximate surface area is 144 Å². The number of carboxylic acid groups (broad SMARTS) is 1. The summed E-state index contributed by atoms with van der Waals surface area (Å²) in [7, 11) is 1.80. The van der Waals surface area contributed by atoms with Gasteiger partial charge < -0.3 is 19.6 Å². The van der Waals surface area contributed by atoms with Gasteiger partial charge in [0, 0.05) is 39.0 Å². The Bertz CT molecular complexity index is 607. The number of carbonyl (C=O) groups is 1. The van der Waals surface area contributed by atoms with Crippen LogP contribution in [0.25, 0.3) is 0 Å². The van der Waals surface area contributed by atoms with E-state index in [-0.39, 0.29) is 5.60 Å². The van der Waals surface area contributed by atoms with Crippen molar-refractivity contribution in [3.8, 4) is 0 Å². The van der Waals surface area contributed by atoms with Crippen LogP contribution in [0.1, 0.15) is 37.8 Å². The van der Waals surface area contributed by atoms with E-state index in [0.29, 0.717) is 19.0 Å². The number of methoxy groups -OCH3 is 1. The highest BCUT2D eigenvalue weighted by molar-refractivity contribution is 5.67. The van der Waals surface area contributed by atoms with Crippen LogP contribution < -0.4 is 4.90 Å². The molecule has 1 aromatic rings. The fraction of sp³-hybridized carbons (Fsp3) is 0.632. The van der Waals surface area contributed by atoms with Crippen LogP contribution in [0.15, 0.2) is 18.2 Å². The van der Waals surface area contributed by atoms with Gasteiger partial charge in [-0.05, 0) is 56.2 Å². The zero-order chi connectivity index (χ0) is 17.3. The van der Waals surface area contributed by atoms with Crippen molar-refractivity contribution >= 4 is 11.8 Å². The second kappa shape index (κ2) is 6.63. The first-order chi connectivity index (χ1) is 11.4. The van der Waals surface area contributed by atoms with Gasteiger partial charge in [0.2, 0.25) is 0 Å². The molecule has 0 aromatic heterocycles. The van der Waals surface area contributed by atoms with Crippen LogP contribution >= 0.6 is 0 Å². The number of rotatable bonds is 3. The summed E-state index contributed by atoms with van der Waals surface area (Å²) in [6.07, 6.45) is 2.24. The average Bonchev–Trinajstić information content (AvgIpc) is 2.60. The molecule has 24 heavy (non-hydrogen) atoms. The average molecular weight is 332 g/mol. The fourth-order valence-corrected chi connectivity index (χ4v) is 4.03. The number of fused-ring (bicyclic) bond motifs is 1. The predicted molar refractivity (Wildman–Crippen MR) is 94.6 cm³/mol. The molecule has 1 aromatic carbocycles. The number of ether oxygens (including phenoxy) is 1. The first-order valence-corrected chi connectivity index (χ1v) is 8.81. The van der Waals surface area contributed by atoms with Crippen LogP contribution in [-0.2, 0) is 17.7 Å². The number of hydrogen-bond acceptors (Lipinski definition) is 3. The summed E-state index contributed by atoms with van der Waals surface area (Å²) in [5.41, 5.74) is 3.72. The lowest BCUT2D eigenvalue weighted by Gasteiger charge is -2.41.